The summed E-state index contributed by atoms with van der Waals surface area (Å²) in [5.74, 6) is 5.19. The second-order valence-corrected chi connectivity index (χ2v) is 8.75. The summed E-state index contributed by atoms with van der Waals surface area (Å²) in [6.45, 7) is 0. The highest BCUT2D eigenvalue weighted by Gasteiger charge is 2.34. The third-order valence-corrected chi connectivity index (χ3v) is 6.68. The molecule has 1 heterocycles. The van der Waals surface area contributed by atoms with Gasteiger partial charge in [-0.05, 0) is 79.5 Å². The van der Waals surface area contributed by atoms with Crippen LogP contribution in [0.1, 0.15) is 31.8 Å². The van der Waals surface area contributed by atoms with Crippen molar-refractivity contribution in [1.82, 2.24) is 0 Å². The van der Waals surface area contributed by atoms with Gasteiger partial charge in [0.15, 0.2) is 0 Å². The molecule has 0 N–H and O–H groups in total. The molecule has 0 radical (unpaired) electrons. The van der Waals surface area contributed by atoms with Crippen LogP contribution in [0.2, 0.25) is 0 Å². The van der Waals surface area contributed by atoms with Crippen LogP contribution in [-0.4, -0.2) is 11.9 Å². The first-order chi connectivity index (χ1) is 17.2. The minimum Gasteiger partial charge on any atom is -0.386 e. The smallest absolute Gasteiger partial charge is 0.348 e. The van der Waals surface area contributed by atoms with Crippen molar-refractivity contribution in [2.24, 2.45) is 0 Å². The summed E-state index contributed by atoms with van der Waals surface area (Å²) >= 11 is 0. The molecule has 0 spiro atoms. The van der Waals surface area contributed by atoms with E-state index in [4.69, 9.17) is 4.74 Å². The van der Waals surface area contributed by atoms with Gasteiger partial charge in [0.1, 0.15) is 0 Å². The minimum atomic E-state index is -0.645. The van der Waals surface area contributed by atoms with Crippen LogP contribution >= 0.6 is 0 Å². The van der Waals surface area contributed by atoms with Crippen molar-refractivity contribution in [1.29, 1.82) is 0 Å². The van der Waals surface area contributed by atoms with Crippen LogP contribution in [0.5, 0.6) is 0 Å². The Hall–Kier alpha value is -4.94. The molecule has 0 aliphatic carbocycles. The molecule has 0 fully saturated rings. The third-order valence-electron chi connectivity index (χ3n) is 6.68. The quantitative estimate of drug-likeness (QED) is 0.109. The van der Waals surface area contributed by atoms with Gasteiger partial charge in [-0.1, -0.05) is 72.5 Å². The molecule has 0 unspecified atom stereocenters. The lowest BCUT2D eigenvalue weighted by Crippen LogP contribution is -1.98. The minimum absolute atomic E-state index is 0.246. The predicted octanol–water partition coefficient (Wildman–Crippen LogP) is 7.01. The SMILES string of the molecule is O=C1OC(=O)c2c1c(C#Cc1cccc3cc4ccccc4cc13)cc1cc3ccccc3cc21. The molecule has 0 amide bonds. The number of carbonyl (C=O) groups excluding carboxylic acids is 2. The molecule has 0 aromatic heterocycles. The second kappa shape index (κ2) is 7.28. The van der Waals surface area contributed by atoms with Crippen LogP contribution < -0.4 is 0 Å². The van der Waals surface area contributed by atoms with Crippen molar-refractivity contribution >= 4 is 55.0 Å². The number of cyclic esters (lactones) is 2. The van der Waals surface area contributed by atoms with Crippen LogP contribution in [0.3, 0.4) is 0 Å². The monoisotopic (exact) mass is 448 g/mol. The number of hydrogen-bond donors (Lipinski definition) is 0. The van der Waals surface area contributed by atoms with Gasteiger partial charge in [0.25, 0.3) is 0 Å². The van der Waals surface area contributed by atoms with Crippen LogP contribution in [0, 0.1) is 11.8 Å². The summed E-state index contributed by atoms with van der Waals surface area (Å²) in [6.07, 6.45) is 0. The maximum absolute atomic E-state index is 12.7. The number of esters is 2. The van der Waals surface area contributed by atoms with Crippen molar-refractivity contribution in [2.45, 2.75) is 0 Å². The van der Waals surface area contributed by atoms with Crippen molar-refractivity contribution in [2.75, 3.05) is 0 Å². The van der Waals surface area contributed by atoms with E-state index in [1.54, 1.807) is 0 Å². The molecule has 35 heavy (non-hydrogen) atoms. The summed E-state index contributed by atoms with van der Waals surface area (Å²) in [5.41, 5.74) is 1.90. The Labute approximate surface area is 200 Å². The summed E-state index contributed by atoms with van der Waals surface area (Å²) < 4.78 is 5.02. The average molecular weight is 448 g/mol. The number of hydrogen-bond acceptors (Lipinski definition) is 3. The fraction of sp³-hybridized carbons (Fsp3) is 0. The molecule has 1 aliphatic heterocycles. The zero-order valence-corrected chi connectivity index (χ0v) is 18.5. The lowest BCUT2D eigenvalue weighted by molar-refractivity contribution is 0.0444. The highest BCUT2D eigenvalue weighted by atomic mass is 16.6. The molecule has 0 atom stereocenters. The van der Waals surface area contributed by atoms with E-state index in [1.807, 2.05) is 66.7 Å². The average Bonchev–Trinajstić information content (AvgIpc) is 3.19. The number of fused-ring (bicyclic) bond motifs is 6. The molecule has 6 aromatic carbocycles. The van der Waals surface area contributed by atoms with E-state index in [1.165, 1.54) is 5.39 Å². The third kappa shape index (κ3) is 3.01. The number of benzene rings is 6. The Kier molecular flexibility index (Phi) is 4.06. The fourth-order valence-electron chi connectivity index (χ4n) is 5.01. The van der Waals surface area contributed by atoms with Crippen molar-refractivity contribution < 1.29 is 14.3 Å². The first kappa shape index (κ1) is 19.5. The van der Waals surface area contributed by atoms with Crippen molar-refractivity contribution in [3.63, 3.8) is 0 Å². The zero-order chi connectivity index (χ0) is 23.5. The van der Waals surface area contributed by atoms with Gasteiger partial charge in [0, 0.05) is 11.1 Å². The van der Waals surface area contributed by atoms with Gasteiger partial charge in [-0.3, -0.25) is 0 Å². The van der Waals surface area contributed by atoms with E-state index in [2.05, 4.69) is 42.2 Å². The molecule has 7 rings (SSSR count). The van der Waals surface area contributed by atoms with Gasteiger partial charge in [-0.2, -0.15) is 0 Å². The van der Waals surface area contributed by atoms with Gasteiger partial charge >= 0.3 is 11.9 Å². The Morgan fingerprint density at radius 3 is 1.71 bits per heavy atom. The van der Waals surface area contributed by atoms with Gasteiger partial charge < -0.3 is 4.74 Å². The molecule has 3 heteroatoms. The molecule has 6 aromatic rings. The lowest BCUT2D eigenvalue weighted by Gasteiger charge is -2.07. The van der Waals surface area contributed by atoms with E-state index in [-0.39, 0.29) is 5.56 Å². The van der Waals surface area contributed by atoms with Crippen molar-refractivity contribution in [3.8, 4) is 11.8 Å². The van der Waals surface area contributed by atoms with Crippen LogP contribution in [0.15, 0.2) is 97.1 Å². The normalized spacial score (nSPS) is 12.7. The predicted molar refractivity (Wildman–Crippen MR) is 139 cm³/mol. The standard InChI is InChI=1S/C32H16O3/c33-31-29-25(13-12-19-10-5-11-24-14-20-6-1-3-8-22(20)17-27(19)24)16-26-15-21-7-2-4-9-23(21)18-28(26)30(29)32(34)35-31/h1-11,14-18H. The number of ether oxygens (including phenoxy) is 1. The Morgan fingerprint density at radius 1 is 0.457 bits per heavy atom. The summed E-state index contributed by atoms with van der Waals surface area (Å²) in [4.78, 5) is 25.3. The van der Waals surface area contributed by atoms with E-state index >= 15 is 0 Å². The first-order valence-corrected chi connectivity index (χ1v) is 11.4. The Morgan fingerprint density at radius 2 is 1.00 bits per heavy atom. The topological polar surface area (TPSA) is 43.4 Å². The van der Waals surface area contributed by atoms with E-state index in [9.17, 15) is 9.59 Å². The Bertz CT molecular complexity index is 1970. The molecule has 1 aliphatic rings. The molecule has 0 saturated heterocycles. The molecular formula is C32H16O3. The lowest BCUT2D eigenvalue weighted by atomic mass is 9.93. The molecule has 0 saturated carbocycles. The maximum Gasteiger partial charge on any atom is 0.348 e. The zero-order valence-electron chi connectivity index (χ0n) is 18.5. The Balaban J connectivity index is 1.48. The molecule has 3 nitrogen and oxygen atoms in total. The summed E-state index contributed by atoms with van der Waals surface area (Å²) in [7, 11) is 0. The van der Waals surface area contributed by atoms with E-state index < -0.39 is 11.9 Å². The maximum atomic E-state index is 12.7. The molecule has 162 valence electrons. The number of carbonyl (C=O) groups is 2. The van der Waals surface area contributed by atoms with Gasteiger partial charge in [-0.15, -0.1) is 0 Å². The van der Waals surface area contributed by atoms with E-state index in [0.717, 1.165) is 37.9 Å². The van der Waals surface area contributed by atoms with Gasteiger partial charge in [0.05, 0.1) is 11.1 Å². The van der Waals surface area contributed by atoms with Crippen molar-refractivity contribution in [3.05, 3.63) is 119 Å². The first-order valence-electron chi connectivity index (χ1n) is 11.4. The van der Waals surface area contributed by atoms with Gasteiger partial charge in [0.2, 0.25) is 0 Å². The summed E-state index contributed by atoms with van der Waals surface area (Å²) in [6, 6.07) is 32.3. The largest absolute Gasteiger partial charge is 0.386 e. The second-order valence-electron chi connectivity index (χ2n) is 8.75. The van der Waals surface area contributed by atoms with Crippen LogP contribution in [0.25, 0.3) is 43.1 Å². The highest BCUT2D eigenvalue weighted by molar-refractivity contribution is 6.23. The van der Waals surface area contributed by atoms with Gasteiger partial charge in [-0.25, -0.2) is 9.59 Å². The van der Waals surface area contributed by atoms with E-state index in [0.29, 0.717) is 16.5 Å². The highest BCUT2D eigenvalue weighted by Crippen LogP contribution is 2.34. The summed E-state index contributed by atoms with van der Waals surface area (Å²) in [5, 5.41) is 8.06. The molecule has 0 bridgehead atoms. The fourth-order valence-corrected chi connectivity index (χ4v) is 5.01. The number of rotatable bonds is 0. The van der Waals surface area contributed by atoms with Crippen LogP contribution in [0.4, 0.5) is 0 Å². The van der Waals surface area contributed by atoms with Crippen LogP contribution in [-0.2, 0) is 4.74 Å². The molecular weight excluding hydrogens is 432 g/mol.